The highest BCUT2D eigenvalue weighted by Crippen LogP contribution is 2.27. The van der Waals surface area contributed by atoms with Crippen molar-refractivity contribution in [3.63, 3.8) is 0 Å². The van der Waals surface area contributed by atoms with Gasteiger partial charge in [0, 0.05) is 6.54 Å². The normalized spacial score (nSPS) is 17.0. The monoisotopic (exact) mass is 370 g/mol. The van der Waals surface area contributed by atoms with Gasteiger partial charge in [-0.3, -0.25) is 9.03 Å². The molecule has 1 saturated heterocycles. The highest BCUT2D eigenvalue weighted by Gasteiger charge is 2.28. The number of anilines is 2. The van der Waals surface area contributed by atoms with Crippen LogP contribution in [0.5, 0.6) is 0 Å². The second kappa shape index (κ2) is 6.06. The van der Waals surface area contributed by atoms with Gasteiger partial charge in [-0.2, -0.15) is 0 Å². The van der Waals surface area contributed by atoms with Crippen LogP contribution in [-0.2, 0) is 20.0 Å². The van der Waals surface area contributed by atoms with Crippen molar-refractivity contribution < 1.29 is 21.2 Å². The zero-order valence-corrected chi connectivity index (χ0v) is 14.1. The Hall–Kier alpha value is -2.13. The zero-order chi connectivity index (χ0) is 17.4. The molecule has 0 aliphatic carbocycles. The Labute approximate surface area is 140 Å². The SMILES string of the molecule is O=S(=O)(Nc1cccc(N2CCCS2(=O)=O)c1)c1ccc(F)cc1. The van der Waals surface area contributed by atoms with Gasteiger partial charge < -0.3 is 0 Å². The Morgan fingerprint density at radius 1 is 1.08 bits per heavy atom. The molecular formula is C15H15FN2O4S2. The molecule has 0 amide bonds. The van der Waals surface area contributed by atoms with Crippen LogP contribution in [0.2, 0.25) is 0 Å². The van der Waals surface area contributed by atoms with E-state index < -0.39 is 25.9 Å². The molecule has 0 atom stereocenters. The van der Waals surface area contributed by atoms with Crippen LogP contribution < -0.4 is 9.03 Å². The number of rotatable bonds is 4. The van der Waals surface area contributed by atoms with E-state index >= 15 is 0 Å². The fraction of sp³-hybridized carbons (Fsp3) is 0.200. The number of hydrogen-bond acceptors (Lipinski definition) is 4. The molecular weight excluding hydrogens is 355 g/mol. The first kappa shape index (κ1) is 16.7. The maximum atomic E-state index is 12.9. The predicted molar refractivity (Wildman–Crippen MR) is 89.4 cm³/mol. The van der Waals surface area contributed by atoms with Gasteiger partial charge in [0.15, 0.2) is 0 Å². The summed E-state index contributed by atoms with van der Waals surface area (Å²) in [6.45, 7) is 0.372. The largest absolute Gasteiger partial charge is 0.280 e. The average molecular weight is 370 g/mol. The zero-order valence-electron chi connectivity index (χ0n) is 12.5. The van der Waals surface area contributed by atoms with E-state index in [1.807, 2.05) is 0 Å². The molecule has 1 aliphatic heterocycles. The van der Waals surface area contributed by atoms with Crippen molar-refractivity contribution in [1.82, 2.24) is 0 Å². The van der Waals surface area contributed by atoms with Crippen molar-refractivity contribution in [3.8, 4) is 0 Å². The fourth-order valence-corrected chi connectivity index (χ4v) is 5.09. The number of sulfonamides is 2. The number of nitrogens with one attached hydrogen (secondary N) is 1. The first-order valence-corrected chi connectivity index (χ1v) is 10.3. The summed E-state index contributed by atoms with van der Waals surface area (Å²) < 4.78 is 65.1. The number of hydrogen-bond donors (Lipinski definition) is 1. The van der Waals surface area contributed by atoms with Crippen LogP contribution in [-0.4, -0.2) is 29.1 Å². The quantitative estimate of drug-likeness (QED) is 0.894. The highest BCUT2D eigenvalue weighted by molar-refractivity contribution is 7.93. The van der Waals surface area contributed by atoms with Crippen molar-refractivity contribution in [1.29, 1.82) is 0 Å². The molecule has 9 heteroatoms. The van der Waals surface area contributed by atoms with E-state index in [4.69, 9.17) is 0 Å². The molecule has 2 aromatic carbocycles. The van der Waals surface area contributed by atoms with Gasteiger partial charge in [0.1, 0.15) is 5.82 Å². The third kappa shape index (κ3) is 3.36. The molecule has 6 nitrogen and oxygen atoms in total. The molecule has 1 aliphatic rings. The van der Waals surface area contributed by atoms with Gasteiger partial charge >= 0.3 is 0 Å². The van der Waals surface area contributed by atoms with E-state index in [2.05, 4.69) is 4.72 Å². The first-order chi connectivity index (χ1) is 11.3. The van der Waals surface area contributed by atoms with Gasteiger partial charge in [-0.05, 0) is 48.9 Å². The van der Waals surface area contributed by atoms with Gasteiger partial charge in [0.2, 0.25) is 10.0 Å². The maximum Gasteiger partial charge on any atom is 0.261 e. The Morgan fingerprint density at radius 2 is 1.79 bits per heavy atom. The predicted octanol–water partition coefficient (Wildman–Crippen LogP) is 2.17. The van der Waals surface area contributed by atoms with Crippen LogP contribution in [0.25, 0.3) is 0 Å². The Kier molecular flexibility index (Phi) is 4.22. The lowest BCUT2D eigenvalue weighted by molar-refractivity contribution is 0.598. The molecule has 1 N–H and O–H groups in total. The van der Waals surface area contributed by atoms with Crippen LogP contribution in [0.3, 0.4) is 0 Å². The van der Waals surface area contributed by atoms with Crippen LogP contribution in [0, 0.1) is 5.82 Å². The minimum atomic E-state index is -3.88. The molecule has 2 aromatic rings. The second-order valence-electron chi connectivity index (χ2n) is 5.35. The summed E-state index contributed by atoms with van der Waals surface area (Å²) in [7, 11) is -7.23. The molecule has 0 unspecified atom stereocenters. The third-order valence-electron chi connectivity index (χ3n) is 3.61. The summed E-state index contributed by atoms with van der Waals surface area (Å²) in [4.78, 5) is -0.0805. The van der Waals surface area contributed by atoms with E-state index in [9.17, 15) is 21.2 Å². The third-order valence-corrected chi connectivity index (χ3v) is 6.88. The Balaban J connectivity index is 1.88. The van der Waals surface area contributed by atoms with Gasteiger partial charge in [-0.1, -0.05) is 6.07 Å². The molecule has 0 saturated carbocycles. The lowest BCUT2D eigenvalue weighted by Gasteiger charge is -2.18. The molecule has 24 heavy (non-hydrogen) atoms. The van der Waals surface area contributed by atoms with Crippen molar-refractivity contribution in [2.24, 2.45) is 0 Å². The summed E-state index contributed by atoms with van der Waals surface area (Å²) in [6, 6.07) is 10.6. The van der Waals surface area contributed by atoms with Gasteiger partial charge in [0.25, 0.3) is 10.0 Å². The number of nitrogens with zero attached hydrogens (tertiary/aromatic N) is 1. The standard InChI is InChI=1S/C15H15FN2O4S2/c16-12-5-7-15(8-6-12)24(21,22)17-13-3-1-4-14(11-13)18-9-2-10-23(18,19)20/h1,3-8,11,17H,2,9-10H2. The summed E-state index contributed by atoms with van der Waals surface area (Å²) >= 11 is 0. The van der Waals surface area contributed by atoms with Crippen molar-refractivity contribution >= 4 is 31.4 Å². The summed E-state index contributed by atoms with van der Waals surface area (Å²) in [5.41, 5.74) is 0.644. The van der Waals surface area contributed by atoms with Crippen molar-refractivity contribution in [2.45, 2.75) is 11.3 Å². The number of benzene rings is 2. The molecule has 1 heterocycles. The lowest BCUT2D eigenvalue weighted by atomic mass is 10.3. The summed E-state index contributed by atoms with van der Waals surface area (Å²) in [5.74, 6) is -0.450. The van der Waals surface area contributed by atoms with Gasteiger partial charge in [-0.25, -0.2) is 21.2 Å². The first-order valence-electron chi connectivity index (χ1n) is 7.17. The summed E-state index contributed by atoms with van der Waals surface area (Å²) in [6.07, 6.45) is 0.536. The molecule has 0 spiro atoms. The molecule has 3 rings (SSSR count). The van der Waals surface area contributed by atoms with E-state index in [1.165, 1.54) is 16.4 Å². The van der Waals surface area contributed by atoms with Crippen LogP contribution in [0.15, 0.2) is 53.4 Å². The van der Waals surface area contributed by atoms with E-state index in [0.29, 0.717) is 18.7 Å². The van der Waals surface area contributed by atoms with Crippen LogP contribution in [0.4, 0.5) is 15.8 Å². The van der Waals surface area contributed by atoms with Crippen molar-refractivity contribution in [2.75, 3.05) is 21.3 Å². The van der Waals surface area contributed by atoms with Gasteiger partial charge in [0.05, 0.1) is 22.0 Å². The molecule has 0 aromatic heterocycles. The van der Waals surface area contributed by atoms with Gasteiger partial charge in [-0.15, -0.1) is 0 Å². The fourth-order valence-electron chi connectivity index (χ4n) is 2.48. The molecule has 0 radical (unpaired) electrons. The molecule has 0 bridgehead atoms. The smallest absolute Gasteiger partial charge is 0.261 e. The average Bonchev–Trinajstić information content (AvgIpc) is 2.87. The van der Waals surface area contributed by atoms with E-state index in [-0.39, 0.29) is 16.3 Å². The lowest BCUT2D eigenvalue weighted by Crippen LogP contribution is -2.25. The molecule has 128 valence electrons. The second-order valence-corrected chi connectivity index (χ2v) is 9.05. The topological polar surface area (TPSA) is 83.6 Å². The van der Waals surface area contributed by atoms with E-state index in [1.54, 1.807) is 12.1 Å². The van der Waals surface area contributed by atoms with Crippen LogP contribution in [0.1, 0.15) is 6.42 Å². The highest BCUT2D eigenvalue weighted by atomic mass is 32.2. The van der Waals surface area contributed by atoms with E-state index in [0.717, 1.165) is 24.3 Å². The van der Waals surface area contributed by atoms with Crippen molar-refractivity contribution in [3.05, 3.63) is 54.3 Å². The molecule has 1 fully saturated rings. The minimum absolute atomic E-state index is 0.0805. The Morgan fingerprint density at radius 3 is 2.42 bits per heavy atom. The number of halogens is 1. The van der Waals surface area contributed by atoms with Crippen LogP contribution >= 0.6 is 0 Å². The minimum Gasteiger partial charge on any atom is -0.280 e. The summed E-state index contributed by atoms with van der Waals surface area (Å²) in [5, 5.41) is 0. The Bertz CT molecular complexity index is 957. The maximum absolute atomic E-state index is 12.9.